The lowest BCUT2D eigenvalue weighted by atomic mass is 10.1. The summed E-state index contributed by atoms with van der Waals surface area (Å²) in [5, 5.41) is 7.86. The van der Waals surface area contributed by atoms with Crippen LogP contribution in [0.25, 0.3) is 27.9 Å². The zero-order valence-electron chi connectivity index (χ0n) is 20.0. The average Bonchev–Trinajstić information content (AvgIpc) is 3.20. The number of nitrogens with zero attached hydrogens (tertiary/aromatic N) is 1. The lowest BCUT2D eigenvalue weighted by molar-refractivity contribution is -0.113. The molecule has 2 amide bonds. The van der Waals surface area contributed by atoms with E-state index in [2.05, 4.69) is 27.3 Å². The molecular weight excluding hydrogens is 450 g/mol. The second-order valence-corrected chi connectivity index (χ2v) is 8.41. The Morgan fingerprint density at radius 2 is 1.50 bits per heavy atom. The number of benzene rings is 4. The van der Waals surface area contributed by atoms with Gasteiger partial charge in [0.25, 0.3) is 11.8 Å². The highest BCUT2D eigenvalue weighted by atomic mass is 16.5. The summed E-state index contributed by atoms with van der Waals surface area (Å²) < 4.78 is 7.33. The molecule has 0 spiro atoms. The highest BCUT2D eigenvalue weighted by molar-refractivity contribution is 6.12. The molecule has 0 aliphatic rings. The Balaban J connectivity index is 1.52. The van der Waals surface area contributed by atoms with Crippen LogP contribution in [0.15, 0.2) is 103 Å². The smallest absolute Gasteiger partial charge is 0.272 e. The lowest BCUT2D eigenvalue weighted by Gasteiger charge is -2.12. The predicted molar refractivity (Wildman–Crippen MR) is 144 cm³/mol. The van der Waals surface area contributed by atoms with E-state index in [0.29, 0.717) is 17.0 Å². The van der Waals surface area contributed by atoms with E-state index in [0.717, 1.165) is 27.4 Å². The molecule has 0 aliphatic carbocycles. The van der Waals surface area contributed by atoms with Crippen LogP contribution >= 0.6 is 0 Å². The van der Waals surface area contributed by atoms with Crippen molar-refractivity contribution >= 4 is 45.4 Å². The maximum Gasteiger partial charge on any atom is 0.272 e. The SMILES string of the molecule is COc1ccc(NC(=O)/C(=C/c2ccc3c(c2)c2ccccc2n3C)NC(=O)c2ccccc2)cc1. The van der Waals surface area contributed by atoms with Crippen LogP contribution in [0, 0.1) is 0 Å². The number of amides is 2. The van der Waals surface area contributed by atoms with Crippen LogP contribution in [0.3, 0.4) is 0 Å². The number of carbonyl (C=O) groups excluding carboxylic acids is 2. The molecular formula is C30H25N3O3. The summed E-state index contributed by atoms with van der Waals surface area (Å²) in [5.74, 6) is -0.107. The first-order chi connectivity index (χ1) is 17.5. The standard InChI is InChI=1S/C30H25N3O3/c1-33-27-11-7-6-10-24(27)25-18-20(12-17-28(25)33)19-26(32-29(34)21-8-4-3-5-9-21)30(35)31-22-13-15-23(36-2)16-14-22/h3-19H,1-2H3,(H,31,35)(H,32,34)/b26-19-. The molecule has 6 nitrogen and oxygen atoms in total. The Morgan fingerprint density at radius 3 is 2.25 bits per heavy atom. The lowest BCUT2D eigenvalue weighted by Crippen LogP contribution is -2.30. The van der Waals surface area contributed by atoms with E-state index < -0.39 is 5.91 Å². The van der Waals surface area contributed by atoms with Crippen LogP contribution in [0.1, 0.15) is 15.9 Å². The van der Waals surface area contributed by atoms with E-state index in [4.69, 9.17) is 4.74 Å². The Labute approximate surface area is 208 Å². The fourth-order valence-electron chi connectivity index (χ4n) is 4.26. The Kier molecular flexibility index (Phi) is 6.24. The molecule has 0 saturated carbocycles. The topological polar surface area (TPSA) is 72.4 Å². The number of carbonyl (C=O) groups is 2. The van der Waals surface area contributed by atoms with Crippen molar-refractivity contribution in [3.05, 3.63) is 114 Å². The summed E-state index contributed by atoms with van der Waals surface area (Å²) in [5.41, 5.74) is 4.20. The van der Waals surface area contributed by atoms with Gasteiger partial charge in [-0.1, -0.05) is 42.5 Å². The van der Waals surface area contributed by atoms with Crippen molar-refractivity contribution in [1.29, 1.82) is 0 Å². The minimum absolute atomic E-state index is 0.138. The van der Waals surface area contributed by atoms with Crippen LogP contribution in [-0.2, 0) is 11.8 Å². The molecule has 5 rings (SSSR count). The third-order valence-electron chi connectivity index (χ3n) is 6.13. The minimum Gasteiger partial charge on any atom is -0.497 e. The van der Waals surface area contributed by atoms with Gasteiger partial charge in [-0.05, 0) is 66.2 Å². The summed E-state index contributed by atoms with van der Waals surface area (Å²) in [6.45, 7) is 0. The van der Waals surface area contributed by atoms with Gasteiger partial charge in [-0.2, -0.15) is 0 Å². The number of para-hydroxylation sites is 1. The van der Waals surface area contributed by atoms with Gasteiger partial charge in [0, 0.05) is 40.1 Å². The number of hydrogen-bond acceptors (Lipinski definition) is 3. The molecule has 2 N–H and O–H groups in total. The van der Waals surface area contributed by atoms with E-state index >= 15 is 0 Å². The van der Waals surface area contributed by atoms with E-state index in [1.165, 1.54) is 0 Å². The van der Waals surface area contributed by atoms with Gasteiger partial charge in [0.2, 0.25) is 0 Å². The second kappa shape index (κ2) is 9.80. The first-order valence-electron chi connectivity index (χ1n) is 11.5. The van der Waals surface area contributed by atoms with Gasteiger partial charge < -0.3 is 19.9 Å². The van der Waals surface area contributed by atoms with Crippen molar-refractivity contribution in [2.45, 2.75) is 0 Å². The molecule has 1 aromatic heterocycles. The summed E-state index contributed by atoms with van der Waals surface area (Å²) in [6.07, 6.45) is 1.70. The van der Waals surface area contributed by atoms with Crippen LogP contribution in [0.2, 0.25) is 0 Å². The normalized spacial score (nSPS) is 11.4. The van der Waals surface area contributed by atoms with Gasteiger partial charge in [0.05, 0.1) is 7.11 Å². The number of aryl methyl sites for hydroxylation is 1. The van der Waals surface area contributed by atoms with E-state index in [9.17, 15) is 9.59 Å². The molecule has 0 radical (unpaired) electrons. The number of ether oxygens (including phenoxy) is 1. The third-order valence-corrected chi connectivity index (χ3v) is 6.13. The number of methoxy groups -OCH3 is 1. The van der Waals surface area contributed by atoms with Crippen molar-refractivity contribution in [3.63, 3.8) is 0 Å². The van der Waals surface area contributed by atoms with Gasteiger partial charge in [-0.25, -0.2) is 0 Å². The van der Waals surface area contributed by atoms with Crippen molar-refractivity contribution in [2.75, 3.05) is 12.4 Å². The van der Waals surface area contributed by atoms with Crippen molar-refractivity contribution in [1.82, 2.24) is 9.88 Å². The molecule has 4 aromatic carbocycles. The Hall–Kier alpha value is -4.84. The number of hydrogen-bond donors (Lipinski definition) is 2. The summed E-state index contributed by atoms with van der Waals surface area (Å²) in [4.78, 5) is 26.2. The molecule has 1 heterocycles. The molecule has 0 aliphatic heterocycles. The maximum absolute atomic E-state index is 13.3. The Bertz CT molecular complexity index is 1600. The second-order valence-electron chi connectivity index (χ2n) is 8.41. The van der Waals surface area contributed by atoms with E-state index in [1.807, 2.05) is 43.4 Å². The van der Waals surface area contributed by atoms with Gasteiger partial charge in [-0.3, -0.25) is 9.59 Å². The maximum atomic E-state index is 13.3. The quantitative estimate of drug-likeness (QED) is 0.307. The molecule has 0 fully saturated rings. The molecule has 0 bridgehead atoms. The van der Waals surface area contributed by atoms with Crippen molar-refractivity contribution < 1.29 is 14.3 Å². The van der Waals surface area contributed by atoms with Crippen LogP contribution < -0.4 is 15.4 Å². The predicted octanol–water partition coefficient (Wildman–Crippen LogP) is 5.75. The summed E-state index contributed by atoms with van der Waals surface area (Å²) >= 11 is 0. The van der Waals surface area contributed by atoms with Gasteiger partial charge >= 0.3 is 0 Å². The molecule has 0 unspecified atom stereocenters. The van der Waals surface area contributed by atoms with E-state index in [1.54, 1.807) is 61.7 Å². The first-order valence-corrected chi connectivity index (χ1v) is 11.5. The number of aromatic nitrogens is 1. The van der Waals surface area contributed by atoms with Gasteiger partial charge in [0.1, 0.15) is 11.4 Å². The molecule has 36 heavy (non-hydrogen) atoms. The third kappa shape index (κ3) is 4.57. The number of fused-ring (bicyclic) bond motifs is 3. The first kappa shape index (κ1) is 22.9. The molecule has 0 atom stereocenters. The fourth-order valence-corrected chi connectivity index (χ4v) is 4.26. The zero-order valence-corrected chi connectivity index (χ0v) is 20.0. The van der Waals surface area contributed by atoms with Crippen LogP contribution in [0.5, 0.6) is 5.75 Å². The van der Waals surface area contributed by atoms with Gasteiger partial charge in [0.15, 0.2) is 0 Å². The summed E-state index contributed by atoms with van der Waals surface area (Å²) in [6, 6.07) is 30.0. The van der Waals surface area contributed by atoms with Gasteiger partial charge in [-0.15, -0.1) is 0 Å². The number of anilines is 1. The van der Waals surface area contributed by atoms with Crippen LogP contribution in [-0.4, -0.2) is 23.5 Å². The fraction of sp³-hybridized carbons (Fsp3) is 0.0667. The van der Waals surface area contributed by atoms with E-state index in [-0.39, 0.29) is 11.6 Å². The molecule has 0 saturated heterocycles. The average molecular weight is 476 g/mol. The van der Waals surface area contributed by atoms with Crippen molar-refractivity contribution in [2.24, 2.45) is 7.05 Å². The zero-order chi connectivity index (χ0) is 25.1. The molecule has 5 aromatic rings. The Morgan fingerprint density at radius 1 is 0.806 bits per heavy atom. The highest BCUT2D eigenvalue weighted by Crippen LogP contribution is 2.29. The molecule has 6 heteroatoms. The number of nitrogens with one attached hydrogen (secondary N) is 2. The minimum atomic E-state index is -0.428. The highest BCUT2D eigenvalue weighted by Gasteiger charge is 2.16. The molecule has 178 valence electrons. The van der Waals surface area contributed by atoms with Crippen LogP contribution in [0.4, 0.5) is 5.69 Å². The monoisotopic (exact) mass is 475 g/mol. The summed E-state index contributed by atoms with van der Waals surface area (Å²) in [7, 11) is 3.62. The number of rotatable bonds is 6. The van der Waals surface area contributed by atoms with Crippen molar-refractivity contribution in [3.8, 4) is 5.75 Å². The largest absolute Gasteiger partial charge is 0.497 e.